The highest BCUT2D eigenvalue weighted by Crippen LogP contribution is 2.28. The van der Waals surface area contributed by atoms with E-state index < -0.39 is 19.2 Å². The van der Waals surface area contributed by atoms with Crippen LogP contribution in [-0.2, 0) is 12.7 Å². The lowest BCUT2D eigenvalue weighted by Crippen LogP contribution is -2.21. The zero-order chi connectivity index (χ0) is 17.2. The predicted molar refractivity (Wildman–Crippen MR) is 69.8 cm³/mol. The fourth-order valence-electron chi connectivity index (χ4n) is 1.95. The van der Waals surface area contributed by atoms with Gasteiger partial charge >= 0.3 is 0 Å². The lowest BCUT2D eigenvalue weighted by atomic mass is 10.1. The number of benzene rings is 1. The molecule has 90 valence electrons. The van der Waals surface area contributed by atoms with Gasteiger partial charge in [0.05, 0.1) is 7.11 Å². The lowest BCUT2D eigenvalue weighted by molar-refractivity contribution is 0.352. The number of hydrogen-bond acceptors (Lipinski definition) is 2. The van der Waals surface area contributed by atoms with Gasteiger partial charge in [0.15, 0.2) is 0 Å². The molecule has 1 N–H and O–H groups in total. The van der Waals surface area contributed by atoms with E-state index in [0.717, 1.165) is 4.90 Å². The van der Waals surface area contributed by atoms with E-state index in [2.05, 4.69) is 4.98 Å². The number of fused-ring (bicyclic) bond motifs is 3. The Morgan fingerprint density at radius 1 is 1.41 bits per heavy atom. The van der Waals surface area contributed by atoms with Gasteiger partial charge in [0, 0.05) is 50.3 Å². The zero-order valence-electron chi connectivity index (χ0n) is 15.8. The first-order valence-electron chi connectivity index (χ1n) is 8.44. The average molecular weight is 236 g/mol. The Hall–Kier alpha value is -1.48. The van der Waals surface area contributed by atoms with Crippen LogP contribution in [0.2, 0.25) is 0 Å². The molecular weight excluding hydrogens is 212 g/mol. The van der Waals surface area contributed by atoms with Crippen LogP contribution < -0.4 is 4.74 Å². The van der Waals surface area contributed by atoms with Crippen molar-refractivity contribution < 1.29 is 13.0 Å². The number of rotatable bonds is 1. The van der Waals surface area contributed by atoms with E-state index in [1.807, 2.05) is 0 Å². The molecule has 0 saturated heterocycles. The molecule has 0 saturated carbocycles. The second-order valence-electron chi connectivity index (χ2n) is 4.06. The van der Waals surface area contributed by atoms with E-state index in [-0.39, 0.29) is 17.8 Å². The molecule has 0 unspecified atom stereocenters. The van der Waals surface area contributed by atoms with Crippen LogP contribution >= 0.6 is 0 Å². The van der Waals surface area contributed by atoms with Crippen molar-refractivity contribution in [3.63, 3.8) is 0 Å². The number of nitrogens with zero attached hydrogens (tertiary/aromatic N) is 1. The highest BCUT2D eigenvalue weighted by atomic mass is 16.5. The molecule has 2 heterocycles. The average Bonchev–Trinajstić information content (AvgIpc) is 2.84. The number of ether oxygens (including phenoxy) is 1. The molecular formula is C14H18N2O. The van der Waals surface area contributed by atoms with Crippen LogP contribution in [0, 0.1) is 0 Å². The van der Waals surface area contributed by atoms with Crippen LogP contribution in [0.25, 0.3) is 10.9 Å². The number of likely N-dealkylation sites (N-methyl/N-ethyl adjacent to an activating group) is 1. The van der Waals surface area contributed by atoms with Crippen molar-refractivity contribution >= 4 is 10.9 Å². The number of aryl methyl sites for hydroxylation is 1. The standard InChI is InChI=1S/C14H18N2O/c1-16-7-5-12-11-4-3-10(17-2)9-14(11)15-13(12)6-8-16/h3-4,9,15H,5-8H2,1-2H3/i5D2,6D2,7D2. The van der Waals surface area contributed by atoms with Crippen LogP contribution in [-0.4, -0.2) is 37.1 Å². The Balaban J connectivity index is 2.39. The van der Waals surface area contributed by atoms with Crippen LogP contribution in [0.3, 0.4) is 0 Å². The molecule has 0 radical (unpaired) electrons. The molecule has 1 aliphatic heterocycles. The molecule has 0 fully saturated rings. The van der Waals surface area contributed by atoms with E-state index in [4.69, 9.17) is 13.0 Å². The van der Waals surface area contributed by atoms with Crippen LogP contribution in [0.4, 0.5) is 0 Å². The lowest BCUT2D eigenvalue weighted by Gasteiger charge is -2.11. The summed E-state index contributed by atoms with van der Waals surface area (Å²) in [7, 11) is 2.91. The van der Waals surface area contributed by atoms with E-state index in [9.17, 15) is 0 Å². The number of methoxy groups -OCH3 is 1. The van der Waals surface area contributed by atoms with Gasteiger partial charge in [-0.3, -0.25) is 0 Å². The maximum atomic E-state index is 8.39. The van der Waals surface area contributed by atoms with E-state index >= 15 is 0 Å². The molecule has 0 amide bonds. The third-order valence-corrected chi connectivity index (χ3v) is 2.87. The SMILES string of the molecule is [2H]C1([2H])CN(C)C([2H])([2H])C([2H])([2H])c2c1[nH]c1cc(OC)ccc21. The van der Waals surface area contributed by atoms with Gasteiger partial charge in [-0.25, -0.2) is 0 Å². The zero-order valence-corrected chi connectivity index (χ0v) is 9.79. The summed E-state index contributed by atoms with van der Waals surface area (Å²) in [5.41, 5.74) is 0.649. The maximum Gasteiger partial charge on any atom is 0.120 e. The molecule has 1 aromatic carbocycles. The number of aromatic amines is 1. The molecule has 3 heteroatoms. The highest BCUT2D eigenvalue weighted by molar-refractivity contribution is 5.86. The van der Waals surface area contributed by atoms with Gasteiger partial charge in [0.1, 0.15) is 5.75 Å². The van der Waals surface area contributed by atoms with Crippen molar-refractivity contribution in [3.05, 3.63) is 29.5 Å². The van der Waals surface area contributed by atoms with Gasteiger partial charge in [0.25, 0.3) is 0 Å². The van der Waals surface area contributed by atoms with Gasteiger partial charge in [-0.15, -0.1) is 0 Å². The normalized spacial score (nSPS) is 30.9. The second kappa shape index (κ2) is 4.08. The Bertz CT molecular complexity index is 770. The van der Waals surface area contributed by atoms with E-state index in [0.29, 0.717) is 16.7 Å². The van der Waals surface area contributed by atoms with Crippen molar-refractivity contribution in [2.75, 3.05) is 27.2 Å². The molecule has 3 rings (SSSR count). The summed E-state index contributed by atoms with van der Waals surface area (Å²) < 4.78 is 54.9. The minimum Gasteiger partial charge on any atom is -0.497 e. The van der Waals surface area contributed by atoms with E-state index in [1.54, 1.807) is 18.2 Å². The summed E-state index contributed by atoms with van der Waals surface area (Å²) >= 11 is 0. The van der Waals surface area contributed by atoms with Gasteiger partial charge in [-0.05, 0) is 31.1 Å². The summed E-state index contributed by atoms with van der Waals surface area (Å²) in [6.07, 6.45) is -4.29. The number of hydrogen-bond donors (Lipinski definition) is 1. The first-order valence-corrected chi connectivity index (χ1v) is 5.44. The van der Waals surface area contributed by atoms with E-state index in [1.165, 1.54) is 14.2 Å². The maximum absolute atomic E-state index is 8.39. The summed E-state index contributed by atoms with van der Waals surface area (Å²) in [5.74, 6) is 0.565. The van der Waals surface area contributed by atoms with Crippen molar-refractivity contribution in [2.45, 2.75) is 12.7 Å². The van der Waals surface area contributed by atoms with Crippen molar-refractivity contribution in [1.29, 1.82) is 0 Å². The van der Waals surface area contributed by atoms with Gasteiger partial charge < -0.3 is 14.6 Å². The molecule has 3 nitrogen and oxygen atoms in total. The first kappa shape index (κ1) is 5.91. The number of aromatic nitrogens is 1. The predicted octanol–water partition coefficient (Wildman–Crippen LogP) is 2.21. The minimum atomic E-state index is -2.38. The number of nitrogens with one attached hydrogen (secondary N) is 1. The fourth-order valence-corrected chi connectivity index (χ4v) is 1.95. The third kappa shape index (κ3) is 1.80. The molecule has 0 spiro atoms. The molecule has 2 aromatic rings. The van der Waals surface area contributed by atoms with Crippen molar-refractivity contribution in [3.8, 4) is 5.75 Å². The molecule has 0 aliphatic carbocycles. The van der Waals surface area contributed by atoms with Gasteiger partial charge in [-0.1, -0.05) is 0 Å². The Kier molecular flexibility index (Phi) is 1.42. The molecule has 1 aromatic heterocycles. The van der Waals surface area contributed by atoms with Gasteiger partial charge in [-0.2, -0.15) is 0 Å². The quantitative estimate of drug-likeness (QED) is 0.822. The smallest absolute Gasteiger partial charge is 0.120 e. The summed E-state index contributed by atoms with van der Waals surface area (Å²) in [4.78, 5) is 4.04. The fraction of sp³-hybridized carbons (Fsp3) is 0.429. The highest BCUT2D eigenvalue weighted by Gasteiger charge is 2.16. The monoisotopic (exact) mass is 236 g/mol. The Labute approximate surface area is 110 Å². The van der Waals surface area contributed by atoms with Crippen LogP contribution in [0.15, 0.2) is 18.2 Å². The summed E-state index contributed by atoms with van der Waals surface area (Å²) in [5, 5.41) is 0.467. The first-order chi connectivity index (χ1) is 10.5. The van der Waals surface area contributed by atoms with Crippen molar-refractivity contribution in [1.82, 2.24) is 9.88 Å². The second-order valence-corrected chi connectivity index (χ2v) is 4.06. The molecule has 1 aliphatic rings. The topological polar surface area (TPSA) is 28.3 Å². The number of H-pyrrole nitrogens is 1. The van der Waals surface area contributed by atoms with Gasteiger partial charge in [0.2, 0.25) is 0 Å². The Morgan fingerprint density at radius 3 is 3.12 bits per heavy atom. The van der Waals surface area contributed by atoms with Crippen LogP contribution in [0.5, 0.6) is 5.75 Å². The Morgan fingerprint density at radius 2 is 2.29 bits per heavy atom. The summed E-state index contributed by atoms with van der Waals surface area (Å²) in [6, 6.07) is 4.96. The molecule has 0 bridgehead atoms. The minimum absolute atomic E-state index is 0.0366. The van der Waals surface area contributed by atoms with Crippen LogP contribution in [0.1, 0.15) is 19.5 Å². The third-order valence-electron chi connectivity index (χ3n) is 2.87. The molecule has 17 heavy (non-hydrogen) atoms. The largest absolute Gasteiger partial charge is 0.497 e. The molecule has 0 atom stereocenters. The van der Waals surface area contributed by atoms with Crippen molar-refractivity contribution in [2.24, 2.45) is 0 Å². The summed E-state index contributed by atoms with van der Waals surface area (Å²) in [6.45, 7) is -2.60.